The van der Waals surface area contributed by atoms with Crippen LogP contribution in [0.1, 0.15) is 17.5 Å². The van der Waals surface area contributed by atoms with Crippen LogP contribution in [-0.2, 0) is 9.59 Å². The van der Waals surface area contributed by atoms with E-state index in [2.05, 4.69) is 16.3 Å². The molecule has 2 rings (SSSR count). The van der Waals surface area contributed by atoms with Gasteiger partial charge in [-0.05, 0) is 38.6 Å². The number of likely N-dealkylation sites (N-methyl/N-ethyl adjacent to an activating group) is 1. The molecule has 0 aromatic heterocycles. The van der Waals surface area contributed by atoms with Crippen molar-refractivity contribution in [1.82, 2.24) is 9.80 Å². The summed E-state index contributed by atoms with van der Waals surface area (Å²) in [6.07, 6.45) is 0.851. The van der Waals surface area contributed by atoms with E-state index in [1.54, 1.807) is 30.0 Å². The van der Waals surface area contributed by atoms with E-state index >= 15 is 0 Å². The number of anilines is 1. The van der Waals surface area contributed by atoms with Crippen LogP contribution in [0.25, 0.3) is 0 Å². The fourth-order valence-corrected chi connectivity index (χ4v) is 2.49. The molecule has 1 aliphatic rings. The molecular weight excluding hydrogens is 280 g/mol. The van der Waals surface area contributed by atoms with Crippen LogP contribution in [0.15, 0.2) is 18.2 Å². The molecule has 0 radical (unpaired) electrons. The fraction of sp³-hybridized carbons (Fsp3) is 0.438. The third-order valence-corrected chi connectivity index (χ3v) is 3.83. The van der Waals surface area contributed by atoms with E-state index < -0.39 is 11.8 Å². The average molecular weight is 300 g/mol. The SMILES string of the molecule is Cc1cccc(NC(=O)C(=O)N2CCCN(C)CC2)c1C#N. The van der Waals surface area contributed by atoms with Crippen LogP contribution in [0.4, 0.5) is 5.69 Å². The van der Waals surface area contributed by atoms with E-state index in [9.17, 15) is 9.59 Å². The van der Waals surface area contributed by atoms with Crippen molar-refractivity contribution in [3.05, 3.63) is 29.3 Å². The number of nitrogens with zero attached hydrogens (tertiary/aromatic N) is 3. The maximum atomic E-state index is 12.3. The lowest BCUT2D eigenvalue weighted by atomic mass is 10.1. The van der Waals surface area contributed by atoms with E-state index in [0.717, 1.165) is 25.1 Å². The number of carbonyl (C=O) groups is 2. The Hall–Kier alpha value is -2.39. The third-order valence-electron chi connectivity index (χ3n) is 3.83. The number of aryl methyl sites for hydroxylation is 1. The molecule has 1 aromatic carbocycles. The summed E-state index contributed by atoms with van der Waals surface area (Å²) in [7, 11) is 2.00. The molecule has 1 saturated heterocycles. The topological polar surface area (TPSA) is 76.4 Å². The zero-order chi connectivity index (χ0) is 16.1. The number of hydrogen-bond acceptors (Lipinski definition) is 4. The Morgan fingerprint density at radius 3 is 2.73 bits per heavy atom. The molecule has 1 aromatic rings. The van der Waals surface area contributed by atoms with E-state index in [-0.39, 0.29) is 0 Å². The van der Waals surface area contributed by atoms with Gasteiger partial charge in [0, 0.05) is 19.6 Å². The van der Waals surface area contributed by atoms with Crippen LogP contribution in [0.5, 0.6) is 0 Å². The minimum absolute atomic E-state index is 0.382. The second kappa shape index (κ2) is 7.05. The number of nitrogens with one attached hydrogen (secondary N) is 1. The number of rotatable bonds is 1. The first-order chi connectivity index (χ1) is 10.5. The summed E-state index contributed by atoms with van der Waals surface area (Å²) in [5, 5.41) is 11.7. The van der Waals surface area contributed by atoms with Crippen LogP contribution >= 0.6 is 0 Å². The van der Waals surface area contributed by atoms with E-state index in [1.165, 1.54) is 0 Å². The first-order valence-corrected chi connectivity index (χ1v) is 7.31. The predicted octanol–water partition coefficient (Wildman–Crippen LogP) is 0.969. The van der Waals surface area contributed by atoms with Crippen molar-refractivity contribution in [2.24, 2.45) is 0 Å². The third kappa shape index (κ3) is 3.62. The van der Waals surface area contributed by atoms with Gasteiger partial charge in [-0.2, -0.15) is 5.26 Å². The average Bonchev–Trinajstić information content (AvgIpc) is 2.71. The van der Waals surface area contributed by atoms with Crippen LogP contribution in [-0.4, -0.2) is 54.8 Å². The molecule has 1 aliphatic heterocycles. The summed E-state index contributed by atoms with van der Waals surface area (Å²) in [6, 6.07) is 7.23. The molecule has 6 nitrogen and oxygen atoms in total. The standard InChI is InChI=1S/C16H20N4O2/c1-12-5-3-6-14(13(12)11-17)18-15(21)16(22)20-8-4-7-19(2)9-10-20/h3,5-6H,4,7-10H2,1-2H3,(H,18,21). The molecule has 0 saturated carbocycles. The molecule has 1 fully saturated rings. The van der Waals surface area contributed by atoms with Gasteiger partial charge in [-0.15, -0.1) is 0 Å². The summed E-state index contributed by atoms with van der Waals surface area (Å²) >= 11 is 0. The van der Waals surface area contributed by atoms with Crippen molar-refractivity contribution in [2.45, 2.75) is 13.3 Å². The second-order valence-corrected chi connectivity index (χ2v) is 5.51. The van der Waals surface area contributed by atoms with Gasteiger partial charge in [0.25, 0.3) is 0 Å². The lowest BCUT2D eigenvalue weighted by Crippen LogP contribution is -2.41. The highest BCUT2D eigenvalue weighted by Crippen LogP contribution is 2.18. The maximum absolute atomic E-state index is 12.3. The molecule has 6 heteroatoms. The Bertz CT molecular complexity index is 621. The summed E-state index contributed by atoms with van der Waals surface area (Å²) < 4.78 is 0. The molecular formula is C16H20N4O2. The van der Waals surface area contributed by atoms with Crippen LogP contribution in [0.2, 0.25) is 0 Å². The summed E-state index contributed by atoms with van der Waals surface area (Å²) in [5.41, 5.74) is 1.54. The predicted molar refractivity (Wildman–Crippen MR) is 83.2 cm³/mol. The number of carbonyl (C=O) groups excluding carboxylic acids is 2. The van der Waals surface area contributed by atoms with Gasteiger partial charge >= 0.3 is 11.8 Å². The number of nitriles is 1. The van der Waals surface area contributed by atoms with Gasteiger partial charge in [0.05, 0.1) is 11.3 Å². The van der Waals surface area contributed by atoms with Crippen molar-refractivity contribution in [3.8, 4) is 6.07 Å². The first kappa shape index (κ1) is 16.0. The Morgan fingerprint density at radius 1 is 1.23 bits per heavy atom. The highest BCUT2D eigenvalue weighted by atomic mass is 16.2. The number of amides is 2. The Kier molecular flexibility index (Phi) is 5.12. The van der Waals surface area contributed by atoms with Crippen LogP contribution in [0, 0.1) is 18.3 Å². The molecule has 0 aliphatic carbocycles. The van der Waals surface area contributed by atoms with E-state index in [4.69, 9.17) is 5.26 Å². The molecule has 0 atom stereocenters. The number of hydrogen-bond donors (Lipinski definition) is 1. The minimum atomic E-state index is -0.688. The highest BCUT2D eigenvalue weighted by Gasteiger charge is 2.24. The molecule has 0 bridgehead atoms. The zero-order valence-electron chi connectivity index (χ0n) is 12.9. The molecule has 1 N–H and O–H groups in total. The minimum Gasteiger partial charge on any atom is -0.333 e. The van der Waals surface area contributed by atoms with Crippen molar-refractivity contribution >= 4 is 17.5 Å². The van der Waals surface area contributed by atoms with Gasteiger partial charge < -0.3 is 15.1 Å². The Balaban J connectivity index is 2.08. The van der Waals surface area contributed by atoms with Gasteiger partial charge in [0.15, 0.2) is 0 Å². The van der Waals surface area contributed by atoms with Crippen LogP contribution in [0.3, 0.4) is 0 Å². The molecule has 22 heavy (non-hydrogen) atoms. The van der Waals surface area contributed by atoms with Gasteiger partial charge in [0.1, 0.15) is 6.07 Å². The van der Waals surface area contributed by atoms with Crippen molar-refractivity contribution < 1.29 is 9.59 Å². The lowest BCUT2D eigenvalue weighted by molar-refractivity contribution is -0.143. The quantitative estimate of drug-likeness (QED) is 0.784. The molecule has 1 heterocycles. The largest absolute Gasteiger partial charge is 0.333 e. The maximum Gasteiger partial charge on any atom is 0.313 e. The molecule has 116 valence electrons. The fourth-order valence-electron chi connectivity index (χ4n) is 2.49. The van der Waals surface area contributed by atoms with Crippen molar-refractivity contribution in [1.29, 1.82) is 5.26 Å². The Morgan fingerprint density at radius 2 is 2.00 bits per heavy atom. The molecule has 0 unspecified atom stereocenters. The summed E-state index contributed by atoms with van der Waals surface area (Å²) in [6.45, 7) is 4.59. The highest BCUT2D eigenvalue weighted by molar-refractivity contribution is 6.39. The van der Waals surface area contributed by atoms with Crippen molar-refractivity contribution in [3.63, 3.8) is 0 Å². The second-order valence-electron chi connectivity index (χ2n) is 5.51. The van der Waals surface area contributed by atoms with Gasteiger partial charge in [0.2, 0.25) is 0 Å². The monoisotopic (exact) mass is 300 g/mol. The smallest absolute Gasteiger partial charge is 0.313 e. The van der Waals surface area contributed by atoms with Gasteiger partial charge in [-0.25, -0.2) is 0 Å². The van der Waals surface area contributed by atoms with Crippen LogP contribution < -0.4 is 5.32 Å². The zero-order valence-corrected chi connectivity index (χ0v) is 12.9. The molecule has 2 amide bonds. The summed E-state index contributed by atoms with van der Waals surface area (Å²) in [4.78, 5) is 28.1. The van der Waals surface area contributed by atoms with E-state index in [1.807, 2.05) is 7.05 Å². The molecule has 0 spiro atoms. The normalized spacial score (nSPS) is 15.8. The van der Waals surface area contributed by atoms with E-state index in [0.29, 0.717) is 24.3 Å². The Labute approximate surface area is 130 Å². The number of benzene rings is 1. The summed E-state index contributed by atoms with van der Waals surface area (Å²) in [5.74, 6) is -1.23. The lowest BCUT2D eigenvalue weighted by Gasteiger charge is -2.20. The first-order valence-electron chi connectivity index (χ1n) is 7.31. The van der Waals surface area contributed by atoms with Crippen molar-refractivity contribution in [2.75, 3.05) is 38.5 Å². The van der Waals surface area contributed by atoms with Gasteiger partial charge in [-0.1, -0.05) is 12.1 Å². The van der Waals surface area contributed by atoms with Gasteiger partial charge in [-0.3, -0.25) is 9.59 Å².